The summed E-state index contributed by atoms with van der Waals surface area (Å²) in [6.07, 6.45) is 2.53. The summed E-state index contributed by atoms with van der Waals surface area (Å²) < 4.78 is 7.34. The molecular weight excluding hydrogens is 336 g/mol. The maximum absolute atomic E-state index is 5.58. The first-order valence-electron chi connectivity index (χ1n) is 5.51. The van der Waals surface area contributed by atoms with Gasteiger partial charge >= 0.3 is 0 Å². The van der Waals surface area contributed by atoms with Crippen LogP contribution >= 0.6 is 31.9 Å². The molecule has 0 aliphatic carbocycles. The molecule has 1 N–H and O–H groups in total. The van der Waals surface area contributed by atoms with Crippen LogP contribution in [-0.2, 0) is 6.54 Å². The lowest BCUT2D eigenvalue weighted by Gasteiger charge is -2.30. The van der Waals surface area contributed by atoms with E-state index in [4.69, 9.17) is 4.42 Å². The van der Waals surface area contributed by atoms with Gasteiger partial charge in [0.15, 0.2) is 4.67 Å². The van der Waals surface area contributed by atoms with Gasteiger partial charge in [0.25, 0.3) is 0 Å². The molecule has 1 atom stereocenters. The van der Waals surface area contributed by atoms with Crippen molar-refractivity contribution in [3.8, 4) is 0 Å². The molecule has 16 heavy (non-hydrogen) atoms. The minimum atomic E-state index is 0.622. The number of halogens is 2. The van der Waals surface area contributed by atoms with E-state index in [1.807, 2.05) is 6.07 Å². The zero-order valence-electron chi connectivity index (χ0n) is 9.30. The Bertz CT molecular complexity index is 328. The number of likely N-dealkylation sites (N-methyl/N-ethyl adjacent to an activating group) is 1. The molecule has 0 aromatic carbocycles. The predicted octanol–water partition coefficient (Wildman–Crippen LogP) is 2.99. The molecule has 3 nitrogen and oxygen atoms in total. The van der Waals surface area contributed by atoms with Crippen LogP contribution in [0.15, 0.2) is 19.6 Å². The monoisotopic (exact) mass is 350 g/mol. The Kier molecular flexibility index (Phi) is 4.47. The molecule has 2 rings (SSSR count). The zero-order chi connectivity index (χ0) is 11.5. The highest BCUT2D eigenvalue weighted by molar-refractivity contribution is 9.13. The molecule has 0 amide bonds. The smallest absolute Gasteiger partial charge is 0.183 e. The van der Waals surface area contributed by atoms with Crippen LogP contribution in [0.5, 0.6) is 0 Å². The predicted molar refractivity (Wildman–Crippen MR) is 71.5 cm³/mol. The fourth-order valence-electron chi connectivity index (χ4n) is 2.05. The average molecular weight is 352 g/mol. The summed E-state index contributed by atoms with van der Waals surface area (Å²) in [5, 5.41) is 3.43. The lowest BCUT2D eigenvalue weighted by atomic mass is 10.1. The minimum Gasteiger partial charge on any atom is -0.452 e. The van der Waals surface area contributed by atoms with Gasteiger partial charge in [-0.2, -0.15) is 0 Å². The van der Waals surface area contributed by atoms with E-state index in [1.165, 1.54) is 12.8 Å². The van der Waals surface area contributed by atoms with E-state index in [2.05, 4.69) is 49.1 Å². The van der Waals surface area contributed by atoms with E-state index in [0.717, 1.165) is 34.5 Å². The molecule has 1 aliphatic rings. The van der Waals surface area contributed by atoms with Gasteiger partial charge in [-0.1, -0.05) is 0 Å². The van der Waals surface area contributed by atoms with Crippen molar-refractivity contribution in [2.24, 2.45) is 0 Å². The third-order valence-corrected chi connectivity index (χ3v) is 4.71. The molecule has 1 saturated heterocycles. The second-order valence-electron chi connectivity index (χ2n) is 4.25. The Morgan fingerprint density at radius 1 is 1.56 bits per heavy atom. The first kappa shape index (κ1) is 12.6. The Morgan fingerprint density at radius 2 is 2.38 bits per heavy atom. The number of nitrogens with one attached hydrogen (secondary N) is 1. The third kappa shape index (κ3) is 3.09. The van der Waals surface area contributed by atoms with Gasteiger partial charge in [-0.25, -0.2) is 0 Å². The first-order chi connectivity index (χ1) is 7.66. The van der Waals surface area contributed by atoms with Crippen LogP contribution in [0.4, 0.5) is 0 Å². The summed E-state index contributed by atoms with van der Waals surface area (Å²) in [5.74, 6) is 0.992. The molecule has 1 aromatic heterocycles. The van der Waals surface area contributed by atoms with Gasteiger partial charge in [-0.05, 0) is 64.4 Å². The summed E-state index contributed by atoms with van der Waals surface area (Å²) in [5.41, 5.74) is 0. The Morgan fingerprint density at radius 3 is 2.94 bits per heavy atom. The van der Waals surface area contributed by atoms with Gasteiger partial charge in [-0.3, -0.25) is 4.90 Å². The van der Waals surface area contributed by atoms with Crippen LogP contribution in [0.2, 0.25) is 0 Å². The second kappa shape index (κ2) is 5.67. The highest BCUT2D eigenvalue weighted by Crippen LogP contribution is 2.27. The van der Waals surface area contributed by atoms with Crippen LogP contribution in [0.3, 0.4) is 0 Å². The van der Waals surface area contributed by atoms with Crippen molar-refractivity contribution in [3.05, 3.63) is 21.0 Å². The fourth-order valence-corrected chi connectivity index (χ4v) is 2.71. The third-order valence-electron chi connectivity index (χ3n) is 3.00. The summed E-state index contributed by atoms with van der Waals surface area (Å²) >= 11 is 6.79. The summed E-state index contributed by atoms with van der Waals surface area (Å²) in [6, 6.07) is 2.65. The molecular formula is C11H16Br2N2O. The van der Waals surface area contributed by atoms with Crippen molar-refractivity contribution in [3.63, 3.8) is 0 Å². The minimum absolute atomic E-state index is 0.622. The van der Waals surface area contributed by atoms with Crippen LogP contribution in [0.25, 0.3) is 0 Å². The Balaban J connectivity index is 1.93. The van der Waals surface area contributed by atoms with Crippen molar-refractivity contribution in [2.75, 3.05) is 20.1 Å². The summed E-state index contributed by atoms with van der Waals surface area (Å²) in [7, 11) is 2.15. The van der Waals surface area contributed by atoms with Gasteiger partial charge in [0, 0.05) is 12.6 Å². The molecule has 1 aliphatic heterocycles. The molecule has 1 aromatic rings. The van der Waals surface area contributed by atoms with Crippen LogP contribution in [0.1, 0.15) is 18.6 Å². The Labute approximate surface area is 113 Å². The SMILES string of the molecule is CN(Cc1cc(Br)c(Br)o1)C1CCCNC1. The normalized spacial score (nSPS) is 21.6. The molecule has 1 unspecified atom stereocenters. The van der Waals surface area contributed by atoms with Gasteiger partial charge in [0.2, 0.25) is 0 Å². The van der Waals surface area contributed by atoms with Crippen molar-refractivity contribution in [1.82, 2.24) is 10.2 Å². The van der Waals surface area contributed by atoms with Crippen molar-refractivity contribution in [2.45, 2.75) is 25.4 Å². The van der Waals surface area contributed by atoms with E-state index in [1.54, 1.807) is 0 Å². The zero-order valence-corrected chi connectivity index (χ0v) is 12.5. The quantitative estimate of drug-likeness (QED) is 0.907. The first-order valence-corrected chi connectivity index (χ1v) is 7.10. The van der Waals surface area contributed by atoms with Gasteiger partial charge in [0.1, 0.15) is 5.76 Å². The maximum Gasteiger partial charge on any atom is 0.183 e. The molecule has 5 heteroatoms. The van der Waals surface area contributed by atoms with Gasteiger partial charge in [-0.15, -0.1) is 0 Å². The second-order valence-corrected chi connectivity index (χ2v) is 5.82. The van der Waals surface area contributed by atoms with Gasteiger partial charge in [0.05, 0.1) is 11.0 Å². The van der Waals surface area contributed by atoms with E-state index in [-0.39, 0.29) is 0 Å². The Hall–Kier alpha value is 0.160. The molecule has 1 fully saturated rings. The number of furan rings is 1. The van der Waals surface area contributed by atoms with Crippen molar-refractivity contribution in [1.29, 1.82) is 0 Å². The lowest BCUT2D eigenvalue weighted by molar-refractivity contribution is 0.182. The van der Waals surface area contributed by atoms with E-state index >= 15 is 0 Å². The van der Waals surface area contributed by atoms with Crippen LogP contribution in [0, 0.1) is 0 Å². The molecule has 90 valence electrons. The summed E-state index contributed by atoms with van der Waals surface area (Å²) in [4.78, 5) is 2.35. The highest BCUT2D eigenvalue weighted by Gasteiger charge is 2.19. The number of hydrogen-bond donors (Lipinski definition) is 1. The molecule has 2 heterocycles. The number of rotatable bonds is 3. The van der Waals surface area contributed by atoms with Crippen molar-refractivity contribution < 1.29 is 4.42 Å². The fraction of sp³-hybridized carbons (Fsp3) is 0.636. The number of nitrogens with zero attached hydrogens (tertiary/aromatic N) is 1. The number of hydrogen-bond acceptors (Lipinski definition) is 3. The van der Waals surface area contributed by atoms with Crippen LogP contribution in [-0.4, -0.2) is 31.1 Å². The van der Waals surface area contributed by atoms with Gasteiger partial charge < -0.3 is 9.73 Å². The summed E-state index contributed by atoms with van der Waals surface area (Å²) in [6.45, 7) is 3.10. The highest BCUT2D eigenvalue weighted by atomic mass is 79.9. The standard InChI is InChI=1S/C11H16Br2N2O/c1-15(8-3-2-4-14-6-8)7-9-5-10(12)11(13)16-9/h5,8,14H,2-4,6-7H2,1H3. The average Bonchev–Trinajstić information content (AvgIpc) is 2.59. The maximum atomic E-state index is 5.58. The van der Waals surface area contributed by atoms with E-state index in [9.17, 15) is 0 Å². The number of piperidine rings is 1. The molecule has 0 radical (unpaired) electrons. The molecule has 0 spiro atoms. The van der Waals surface area contributed by atoms with E-state index in [0.29, 0.717) is 6.04 Å². The van der Waals surface area contributed by atoms with Crippen LogP contribution < -0.4 is 5.32 Å². The van der Waals surface area contributed by atoms with E-state index < -0.39 is 0 Å². The largest absolute Gasteiger partial charge is 0.452 e. The molecule has 0 bridgehead atoms. The molecule has 0 saturated carbocycles. The van der Waals surface area contributed by atoms with Crippen molar-refractivity contribution >= 4 is 31.9 Å². The lowest BCUT2D eigenvalue weighted by Crippen LogP contribution is -2.43. The topological polar surface area (TPSA) is 28.4 Å².